The average Bonchev–Trinajstić information content (AvgIpc) is 2.67. The number of non-ortho nitro benzene ring substituents is 2. The summed E-state index contributed by atoms with van der Waals surface area (Å²) < 4.78 is 0. The van der Waals surface area contributed by atoms with E-state index in [1.54, 1.807) is 38.4 Å². The van der Waals surface area contributed by atoms with E-state index in [2.05, 4.69) is 10.6 Å². The van der Waals surface area contributed by atoms with Crippen LogP contribution < -0.4 is 10.6 Å². The Bertz CT molecular complexity index is 974. The Labute approximate surface area is 169 Å². The van der Waals surface area contributed by atoms with Crippen molar-refractivity contribution in [3.8, 4) is 0 Å². The third-order valence-corrected chi connectivity index (χ3v) is 3.81. The summed E-state index contributed by atoms with van der Waals surface area (Å²) >= 11 is 5.02. The van der Waals surface area contributed by atoms with Gasteiger partial charge in [-0.25, -0.2) is 0 Å². The van der Waals surface area contributed by atoms with Gasteiger partial charge in [0.05, 0.1) is 21.5 Å². The van der Waals surface area contributed by atoms with Crippen LogP contribution in [0, 0.1) is 20.2 Å². The first-order chi connectivity index (χ1) is 13.6. The number of nitro benzene ring substituents is 2. The monoisotopic (exact) mass is 417 g/mol. The quantitative estimate of drug-likeness (QED) is 0.428. The first kappa shape index (κ1) is 21.4. The van der Waals surface area contributed by atoms with Gasteiger partial charge in [0.1, 0.15) is 0 Å². The van der Waals surface area contributed by atoms with Crippen LogP contribution in [0.4, 0.5) is 17.1 Å². The normalized spacial score (nSPS) is 10.0. The van der Waals surface area contributed by atoms with Gasteiger partial charge in [0.2, 0.25) is 0 Å². The van der Waals surface area contributed by atoms with Crippen molar-refractivity contribution in [3.63, 3.8) is 0 Å². The molecule has 0 bridgehead atoms. The molecule has 0 aromatic heterocycles. The Morgan fingerprint density at radius 1 is 0.931 bits per heavy atom. The molecule has 0 saturated carbocycles. The van der Waals surface area contributed by atoms with Gasteiger partial charge in [0.15, 0.2) is 5.11 Å². The lowest BCUT2D eigenvalue weighted by Gasteiger charge is -2.12. The predicted molar refractivity (Wildman–Crippen MR) is 108 cm³/mol. The molecule has 2 N–H and O–H groups in total. The number of hydrogen-bond acceptors (Lipinski definition) is 7. The van der Waals surface area contributed by atoms with Crippen molar-refractivity contribution in [3.05, 3.63) is 73.8 Å². The highest BCUT2D eigenvalue weighted by molar-refractivity contribution is 7.80. The maximum absolute atomic E-state index is 12.3. The highest BCUT2D eigenvalue weighted by Crippen LogP contribution is 2.22. The number of carbonyl (C=O) groups excluding carboxylic acids is 2. The number of hydrogen-bond donors (Lipinski definition) is 2. The minimum Gasteiger partial charge on any atom is -0.345 e. The Morgan fingerprint density at radius 2 is 1.45 bits per heavy atom. The molecule has 2 rings (SSSR count). The summed E-state index contributed by atoms with van der Waals surface area (Å²) in [6.45, 7) is 0. The molecule has 0 unspecified atom stereocenters. The van der Waals surface area contributed by atoms with Crippen LogP contribution in [-0.4, -0.2) is 45.8 Å². The van der Waals surface area contributed by atoms with E-state index in [0.29, 0.717) is 11.3 Å². The van der Waals surface area contributed by atoms with Crippen LogP contribution >= 0.6 is 12.2 Å². The van der Waals surface area contributed by atoms with Crippen molar-refractivity contribution in [1.82, 2.24) is 10.2 Å². The molecule has 0 atom stereocenters. The van der Waals surface area contributed by atoms with Crippen LogP contribution in [0.2, 0.25) is 0 Å². The zero-order valence-electron chi connectivity index (χ0n) is 15.2. The molecule has 0 fully saturated rings. The first-order valence-electron chi connectivity index (χ1n) is 7.96. The molecule has 2 amide bonds. The predicted octanol–water partition coefficient (Wildman–Crippen LogP) is 2.33. The fraction of sp³-hybridized carbons (Fsp3) is 0.118. The number of rotatable bonds is 5. The molecule has 11 nitrogen and oxygen atoms in total. The van der Waals surface area contributed by atoms with Gasteiger partial charge in [-0.15, -0.1) is 0 Å². The number of nitrogens with one attached hydrogen (secondary N) is 2. The van der Waals surface area contributed by atoms with E-state index in [0.717, 1.165) is 18.2 Å². The van der Waals surface area contributed by atoms with E-state index in [1.807, 2.05) is 0 Å². The van der Waals surface area contributed by atoms with Gasteiger partial charge in [0.25, 0.3) is 23.2 Å². The van der Waals surface area contributed by atoms with Crippen LogP contribution in [0.15, 0.2) is 42.5 Å². The standard InChI is InChI=1S/C17H15N5O6S/c1-20(2)16(24)10-3-5-12(6-4-10)18-17(29)19-15(23)11-7-13(21(25)26)9-14(8-11)22(27)28/h3-9H,1-2H3,(H2,18,19,23,29). The molecule has 29 heavy (non-hydrogen) atoms. The third-order valence-electron chi connectivity index (χ3n) is 3.61. The molecule has 0 saturated heterocycles. The molecule has 0 spiro atoms. The van der Waals surface area contributed by atoms with E-state index in [9.17, 15) is 29.8 Å². The lowest BCUT2D eigenvalue weighted by molar-refractivity contribution is -0.394. The second-order valence-corrected chi connectivity index (χ2v) is 6.35. The van der Waals surface area contributed by atoms with Crippen molar-refractivity contribution in [2.75, 3.05) is 19.4 Å². The number of thiocarbonyl (C=S) groups is 1. The van der Waals surface area contributed by atoms with Crippen molar-refractivity contribution in [2.45, 2.75) is 0 Å². The summed E-state index contributed by atoms with van der Waals surface area (Å²) in [7, 11) is 3.24. The van der Waals surface area contributed by atoms with Gasteiger partial charge in [-0.2, -0.15) is 0 Å². The topological polar surface area (TPSA) is 148 Å². The maximum Gasteiger partial charge on any atom is 0.277 e. The van der Waals surface area contributed by atoms with E-state index in [1.165, 1.54) is 4.90 Å². The minimum absolute atomic E-state index is 0.129. The second kappa shape index (κ2) is 8.84. The lowest BCUT2D eigenvalue weighted by atomic mass is 10.1. The molecule has 0 heterocycles. The van der Waals surface area contributed by atoms with E-state index in [4.69, 9.17) is 12.2 Å². The molecular weight excluding hydrogens is 402 g/mol. The van der Waals surface area contributed by atoms with Crippen molar-refractivity contribution in [2.24, 2.45) is 0 Å². The number of benzene rings is 2. The zero-order chi connectivity index (χ0) is 21.7. The maximum atomic E-state index is 12.3. The first-order valence-corrected chi connectivity index (χ1v) is 8.37. The van der Waals surface area contributed by atoms with Gasteiger partial charge in [0, 0.05) is 37.5 Å². The zero-order valence-corrected chi connectivity index (χ0v) is 16.1. The highest BCUT2D eigenvalue weighted by Gasteiger charge is 2.20. The second-order valence-electron chi connectivity index (χ2n) is 5.94. The molecule has 150 valence electrons. The molecule has 0 aliphatic carbocycles. The summed E-state index contributed by atoms with van der Waals surface area (Å²) in [6.07, 6.45) is 0. The molecule has 0 aliphatic rings. The van der Waals surface area contributed by atoms with E-state index >= 15 is 0 Å². The fourth-order valence-electron chi connectivity index (χ4n) is 2.23. The summed E-state index contributed by atoms with van der Waals surface area (Å²) in [6, 6.07) is 8.86. The Balaban J connectivity index is 2.11. The number of amides is 2. The molecule has 12 heteroatoms. The highest BCUT2D eigenvalue weighted by atomic mass is 32.1. The van der Waals surface area contributed by atoms with Crippen LogP contribution in [0.3, 0.4) is 0 Å². The van der Waals surface area contributed by atoms with Crippen LogP contribution in [0.5, 0.6) is 0 Å². The van der Waals surface area contributed by atoms with E-state index < -0.39 is 27.1 Å². The Hall–Kier alpha value is -3.93. The van der Waals surface area contributed by atoms with Gasteiger partial charge in [-0.05, 0) is 36.5 Å². The third kappa shape index (κ3) is 5.52. The number of nitrogens with zero attached hydrogens (tertiary/aromatic N) is 3. The van der Waals surface area contributed by atoms with Gasteiger partial charge < -0.3 is 10.2 Å². The number of anilines is 1. The van der Waals surface area contributed by atoms with Crippen molar-refractivity contribution in [1.29, 1.82) is 0 Å². The molecule has 2 aromatic carbocycles. The van der Waals surface area contributed by atoms with Crippen LogP contribution in [0.1, 0.15) is 20.7 Å². The van der Waals surface area contributed by atoms with Crippen LogP contribution in [-0.2, 0) is 0 Å². The van der Waals surface area contributed by atoms with E-state index in [-0.39, 0.29) is 16.6 Å². The van der Waals surface area contributed by atoms with Crippen molar-refractivity contribution >= 4 is 46.2 Å². The van der Waals surface area contributed by atoms with Gasteiger partial charge >= 0.3 is 0 Å². The smallest absolute Gasteiger partial charge is 0.277 e. The summed E-state index contributed by atoms with van der Waals surface area (Å²) in [5.74, 6) is -1.03. The molecule has 0 radical (unpaired) electrons. The summed E-state index contributed by atoms with van der Waals surface area (Å²) in [4.78, 5) is 45.7. The average molecular weight is 417 g/mol. The summed E-state index contributed by atoms with van der Waals surface area (Å²) in [5, 5.41) is 26.7. The largest absolute Gasteiger partial charge is 0.345 e. The number of carbonyl (C=O) groups is 2. The van der Waals surface area contributed by atoms with Crippen LogP contribution in [0.25, 0.3) is 0 Å². The molecule has 0 aliphatic heterocycles. The number of nitro groups is 2. The lowest BCUT2D eigenvalue weighted by Crippen LogP contribution is -2.34. The van der Waals surface area contributed by atoms with Gasteiger partial charge in [-0.3, -0.25) is 35.1 Å². The minimum atomic E-state index is -0.853. The molecule has 2 aromatic rings. The Kier molecular flexibility index (Phi) is 6.51. The SMILES string of the molecule is CN(C)C(=O)c1ccc(NC(=S)NC(=O)c2cc([N+](=O)[O-])cc([N+](=O)[O-])c2)cc1. The van der Waals surface area contributed by atoms with Crippen molar-refractivity contribution < 1.29 is 19.4 Å². The van der Waals surface area contributed by atoms with Gasteiger partial charge in [-0.1, -0.05) is 0 Å². The fourth-order valence-corrected chi connectivity index (χ4v) is 2.44. The summed E-state index contributed by atoms with van der Waals surface area (Å²) in [5.41, 5.74) is -0.536. The molecular formula is C17H15N5O6S. The Morgan fingerprint density at radius 3 is 1.90 bits per heavy atom.